The Morgan fingerprint density at radius 2 is 0.714 bits per heavy atom. The van der Waals surface area contributed by atoms with Gasteiger partial charge in [-0.25, -0.2) is 0 Å². The second-order valence-corrected chi connectivity index (χ2v) is 8.25. The summed E-state index contributed by atoms with van der Waals surface area (Å²) in [6, 6.07) is 31.4. The Hall–Kier alpha value is -1.22. The Labute approximate surface area is 143 Å². The van der Waals surface area contributed by atoms with Crippen molar-refractivity contribution in [1.82, 2.24) is 0 Å². The van der Waals surface area contributed by atoms with Crippen LogP contribution in [0.3, 0.4) is 0 Å². The molecule has 3 rings (SSSR count). The molecule has 0 aliphatic carbocycles. The van der Waals surface area contributed by atoms with Crippen LogP contribution in [0.25, 0.3) is 0 Å². The molecule has 3 heteroatoms. The standard InChI is InChI=1S/C18H18NP.HI/c19-20(16-10-4-1-5-11-16,17-12-6-2-7-13-17)18-14-8-3-9-15-18;/h1-15,20H,19H2;1H. The molecule has 0 saturated carbocycles. The van der Waals surface area contributed by atoms with E-state index < -0.39 is 7.41 Å². The fourth-order valence-corrected chi connectivity index (χ4v) is 5.76. The number of halogens is 1. The molecule has 0 heterocycles. The minimum atomic E-state index is -2.38. The predicted molar refractivity (Wildman–Crippen MR) is 106 cm³/mol. The molecular weight excluding hydrogens is 388 g/mol. The van der Waals surface area contributed by atoms with Crippen LogP contribution in [0.15, 0.2) is 91.0 Å². The number of rotatable bonds is 3. The van der Waals surface area contributed by atoms with Crippen molar-refractivity contribution in [2.24, 2.45) is 5.50 Å². The van der Waals surface area contributed by atoms with Crippen LogP contribution in [0.2, 0.25) is 0 Å². The maximum atomic E-state index is 7.00. The summed E-state index contributed by atoms with van der Waals surface area (Å²) in [7, 11) is -2.38. The Kier molecular flexibility index (Phi) is 5.51. The third-order valence-electron chi connectivity index (χ3n) is 3.69. The van der Waals surface area contributed by atoms with Crippen LogP contribution in [0.5, 0.6) is 0 Å². The van der Waals surface area contributed by atoms with Gasteiger partial charge in [0.2, 0.25) is 0 Å². The molecule has 0 aliphatic heterocycles. The van der Waals surface area contributed by atoms with Gasteiger partial charge in [-0.05, 0) is 0 Å². The molecule has 0 radical (unpaired) electrons. The molecule has 0 fully saturated rings. The van der Waals surface area contributed by atoms with Crippen molar-refractivity contribution < 1.29 is 0 Å². The molecule has 0 amide bonds. The summed E-state index contributed by atoms with van der Waals surface area (Å²) >= 11 is 0. The zero-order chi connectivity index (χ0) is 13.8. The first kappa shape index (κ1) is 16.2. The van der Waals surface area contributed by atoms with Gasteiger partial charge in [0.1, 0.15) is 0 Å². The molecule has 1 nitrogen and oxygen atoms in total. The van der Waals surface area contributed by atoms with E-state index in [1.165, 1.54) is 15.9 Å². The topological polar surface area (TPSA) is 26.0 Å². The summed E-state index contributed by atoms with van der Waals surface area (Å²) < 4.78 is 0. The normalized spacial score (nSPS) is 11.5. The summed E-state index contributed by atoms with van der Waals surface area (Å²) in [6.45, 7) is 0. The third kappa shape index (κ3) is 3.18. The van der Waals surface area contributed by atoms with Crippen molar-refractivity contribution in [1.29, 1.82) is 0 Å². The van der Waals surface area contributed by atoms with Gasteiger partial charge in [-0.15, -0.1) is 24.0 Å². The van der Waals surface area contributed by atoms with Crippen molar-refractivity contribution in [3.05, 3.63) is 91.0 Å². The second-order valence-electron chi connectivity index (χ2n) is 4.91. The summed E-state index contributed by atoms with van der Waals surface area (Å²) in [5.74, 6) is 0. The first-order chi connectivity index (χ1) is 9.82. The Morgan fingerprint density at radius 1 is 0.476 bits per heavy atom. The van der Waals surface area contributed by atoms with E-state index in [0.717, 1.165) is 0 Å². The molecule has 21 heavy (non-hydrogen) atoms. The van der Waals surface area contributed by atoms with Crippen LogP contribution < -0.4 is 21.4 Å². The van der Waals surface area contributed by atoms with Gasteiger partial charge in [0, 0.05) is 0 Å². The van der Waals surface area contributed by atoms with Crippen molar-refractivity contribution in [3.63, 3.8) is 0 Å². The van der Waals surface area contributed by atoms with Gasteiger partial charge >= 0.3 is 120 Å². The molecule has 0 atom stereocenters. The van der Waals surface area contributed by atoms with Gasteiger partial charge in [-0.2, -0.15) is 0 Å². The zero-order valence-corrected chi connectivity index (χ0v) is 15.0. The van der Waals surface area contributed by atoms with E-state index in [1.54, 1.807) is 0 Å². The molecule has 0 bridgehead atoms. The minimum absolute atomic E-state index is 0. The second kappa shape index (κ2) is 7.17. The fraction of sp³-hybridized carbons (Fsp3) is 0. The molecule has 0 aromatic heterocycles. The van der Waals surface area contributed by atoms with Gasteiger partial charge in [0.25, 0.3) is 0 Å². The van der Waals surface area contributed by atoms with E-state index in [-0.39, 0.29) is 24.0 Å². The predicted octanol–water partition coefficient (Wildman–Crippen LogP) is 3.20. The Morgan fingerprint density at radius 3 is 0.952 bits per heavy atom. The number of hydrogen-bond donors (Lipinski definition) is 1. The molecule has 0 spiro atoms. The average molecular weight is 407 g/mol. The molecular formula is C18H19INP. The number of benzene rings is 3. The van der Waals surface area contributed by atoms with Crippen LogP contribution in [-0.2, 0) is 0 Å². The SMILES string of the molecule is I.N[PH](c1ccccc1)(c1ccccc1)c1ccccc1. The van der Waals surface area contributed by atoms with Crippen LogP contribution in [-0.4, -0.2) is 0 Å². The molecule has 0 unspecified atom stereocenters. The summed E-state index contributed by atoms with van der Waals surface area (Å²) in [6.07, 6.45) is 0. The summed E-state index contributed by atoms with van der Waals surface area (Å²) in [5.41, 5.74) is 7.00. The molecule has 3 aromatic carbocycles. The van der Waals surface area contributed by atoms with Gasteiger partial charge in [-0.1, -0.05) is 0 Å². The zero-order valence-electron chi connectivity index (χ0n) is 11.6. The number of nitrogens with two attached hydrogens (primary N) is 1. The van der Waals surface area contributed by atoms with Gasteiger partial charge < -0.3 is 0 Å². The van der Waals surface area contributed by atoms with Crippen LogP contribution in [0.4, 0.5) is 0 Å². The Balaban J connectivity index is 0.00000161. The van der Waals surface area contributed by atoms with E-state index in [2.05, 4.69) is 72.8 Å². The maximum absolute atomic E-state index is 7.00. The van der Waals surface area contributed by atoms with E-state index >= 15 is 0 Å². The quantitative estimate of drug-likeness (QED) is 0.524. The van der Waals surface area contributed by atoms with Crippen molar-refractivity contribution in [2.45, 2.75) is 0 Å². The fourth-order valence-electron chi connectivity index (χ4n) is 2.60. The van der Waals surface area contributed by atoms with Crippen LogP contribution in [0, 0.1) is 0 Å². The molecule has 2 N–H and O–H groups in total. The van der Waals surface area contributed by atoms with Crippen molar-refractivity contribution in [3.8, 4) is 0 Å². The monoisotopic (exact) mass is 407 g/mol. The van der Waals surface area contributed by atoms with E-state index in [4.69, 9.17) is 5.50 Å². The average Bonchev–Trinajstić information content (AvgIpc) is 2.56. The molecule has 0 saturated heterocycles. The van der Waals surface area contributed by atoms with Gasteiger partial charge in [-0.3, -0.25) is 0 Å². The molecule has 3 aromatic rings. The molecule has 108 valence electrons. The first-order valence-corrected chi connectivity index (χ1v) is 8.85. The van der Waals surface area contributed by atoms with Crippen LogP contribution in [0.1, 0.15) is 0 Å². The van der Waals surface area contributed by atoms with E-state index in [0.29, 0.717) is 0 Å². The van der Waals surface area contributed by atoms with Crippen molar-refractivity contribution >= 4 is 47.3 Å². The Bertz CT molecular complexity index is 575. The van der Waals surface area contributed by atoms with Gasteiger partial charge in [0.15, 0.2) is 0 Å². The molecule has 0 aliphatic rings. The summed E-state index contributed by atoms with van der Waals surface area (Å²) in [5, 5.41) is 3.70. The van der Waals surface area contributed by atoms with Crippen molar-refractivity contribution in [2.75, 3.05) is 0 Å². The van der Waals surface area contributed by atoms with Gasteiger partial charge in [0.05, 0.1) is 0 Å². The third-order valence-corrected chi connectivity index (χ3v) is 7.42. The van der Waals surface area contributed by atoms with Crippen LogP contribution >= 0.6 is 31.4 Å². The summed E-state index contributed by atoms with van der Waals surface area (Å²) in [4.78, 5) is 0. The van der Waals surface area contributed by atoms with E-state index in [9.17, 15) is 0 Å². The number of hydrogen-bond acceptors (Lipinski definition) is 1. The van der Waals surface area contributed by atoms with E-state index in [1.807, 2.05) is 18.2 Å². The first-order valence-electron chi connectivity index (χ1n) is 6.77.